The van der Waals surface area contributed by atoms with Crippen molar-refractivity contribution in [3.8, 4) is 11.5 Å². The van der Waals surface area contributed by atoms with E-state index >= 15 is 0 Å². The van der Waals surface area contributed by atoms with Gasteiger partial charge >= 0.3 is 12.7 Å². The maximum absolute atomic E-state index is 12.2. The SMILES string of the molecule is O=CCCc1cccc(OC(F)(F)F)c1OC(F)(F)F. The van der Waals surface area contributed by atoms with Gasteiger partial charge < -0.3 is 14.3 Å². The van der Waals surface area contributed by atoms with Gasteiger partial charge in [-0.25, -0.2) is 0 Å². The summed E-state index contributed by atoms with van der Waals surface area (Å²) in [5.41, 5.74) is -0.212. The fourth-order valence-corrected chi connectivity index (χ4v) is 1.41. The fourth-order valence-electron chi connectivity index (χ4n) is 1.41. The molecule has 0 N–H and O–H groups in total. The monoisotopic (exact) mass is 302 g/mol. The fraction of sp³-hybridized carbons (Fsp3) is 0.364. The highest BCUT2D eigenvalue weighted by atomic mass is 19.4. The Morgan fingerprint density at radius 1 is 1.00 bits per heavy atom. The van der Waals surface area contributed by atoms with Crippen molar-refractivity contribution in [3.05, 3.63) is 23.8 Å². The Morgan fingerprint density at radius 3 is 2.10 bits per heavy atom. The van der Waals surface area contributed by atoms with Crippen LogP contribution in [0.5, 0.6) is 11.5 Å². The molecule has 1 rings (SSSR count). The molecule has 0 heterocycles. The molecule has 0 atom stereocenters. The molecule has 0 saturated carbocycles. The summed E-state index contributed by atoms with van der Waals surface area (Å²) in [4.78, 5) is 10.2. The van der Waals surface area contributed by atoms with Crippen LogP contribution in [0, 0.1) is 0 Å². The van der Waals surface area contributed by atoms with Crippen LogP contribution < -0.4 is 9.47 Å². The average molecular weight is 302 g/mol. The normalized spacial score (nSPS) is 12.1. The number of benzene rings is 1. The lowest BCUT2D eigenvalue weighted by Gasteiger charge is -2.18. The van der Waals surface area contributed by atoms with Gasteiger partial charge in [-0.15, -0.1) is 26.3 Å². The molecule has 0 aliphatic heterocycles. The van der Waals surface area contributed by atoms with Gasteiger partial charge in [-0.05, 0) is 18.1 Å². The molecule has 0 fully saturated rings. The number of carbonyl (C=O) groups is 1. The molecule has 20 heavy (non-hydrogen) atoms. The third-order valence-corrected chi connectivity index (χ3v) is 2.04. The molecule has 1 aromatic rings. The number of halogens is 6. The maximum atomic E-state index is 12.2. The summed E-state index contributed by atoms with van der Waals surface area (Å²) >= 11 is 0. The Hall–Kier alpha value is -1.93. The highest BCUT2D eigenvalue weighted by molar-refractivity contribution is 5.53. The summed E-state index contributed by atoms with van der Waals surface area (Å²) < 4.78 is 80.1. The van der Waals surface area contributed by atoms with Crippen LogP contribution in [-0.4, -0.2) is 19.0 Å². The van der Waals surface area contributed by atoms with Gasteiger partial charge in [0, 0.05) is 6.42 Å². The Balaban J connectivity index is 3.17. The van der Waals surface area contributed by atoms with Gasteiger partial charge in [-0.1, -0.05) is 12.1 Å². The van der Waals surface area contributed by atoms with Crippen LogP contribution >= 0.6 is 0 Å². The van der Waals surface area contributed by atoms with Crippen LogP contribution in [0.15, 0.2) is 18.2 Å². The second kappa shape index (κ2) is 6.02. The van der Waals surface area contributed by atoms with Gasteiger partial charge in [0.2, 0.25) is 0 Å². The first-order chi connectivity index (χ1) is 9.12. The maximum Gasteiger partial charge on any atom is 0.573 e. The van der Waals surface area contributed by atoms with Gasteiger partial charge in [0.1, 0.15) is 6.29 Å². The van der Waals surface area contributed by atoms with Crippen molar-refractivity contribution in [2.75, 3.05) is 0 Å². The molecule has 0 radical (unpaired) electrons. The lowest BCUT2D eigenvalue weighted by Crippen LogP contribution is -2.22. The van der Waals surface area contributed by atoms with E-state index in [1.54, 1.807) is 0 Å². The zero-order chi connectivity index (χ0) is 15.4. The number of carbonyl (C=O) groups excluding carboxylic acids is 1. The first-order valence-electron chi connectivity index (χ1n) is 5.19. The summed E-state index contributed by atoms with van der Waals surface area (Å²) in [6, 6.07) is 2.89. The van der Waals surface area contributed by atoms with E-state index in [4.69, 9.17) is 0 Å². The van der Waals surface area contributed by atoms with Gasteiger partial charge in [-0.3, -0.25) is 0 Å². The number of aldehydes is 1. The summed E-state index contributed by atoms with van der Waals surface area (Å²) in [7, 11) is 0. The van der Waals surface area contributed by atoms with E-state index in [0.29, 0.717) is 12.4 Å². The third-order valence-electron chi connectivity index (χ3n) is 2.04. The largest absolute Gasteiger partial charge is 0.573 e. The van der Waals surface area contributed by atoms with Crippen LogP contribution in [-0.2, 0) is 11.2 Å². The molecule has 3 nitrogen and oxygen atoms in total. The molecule has 0 spiro atoms. The van der Waals surface area contributed by atoms with Gasteiger partial charge in [0.05, 0.1) is 0 Å². The minimum absolute atomic E-state index is 0.163. The van der Waals surface area contributed by atoms with Crippen molar-refractivity contribution in [2.24, 2.45) is 0 Å². The van der Waals surface area contributed by atoms with Crippen LogP contribution in [0.1, 0.15) is 12.0 Å². The van der Waals surface area contributed by atoms with Crippen LogP contribution in [0.25, 0.3) is 0 Å². The second-order valence-electron chi connectivity index (χ2n) is 3.55. The van der Waals surface area contributed by atoms with Crippen LogP contribution in [0.2, 0.25) is 0 Å². The number of hydrogen-bond donors (Lipinski definition) is 0. The average Bonchev–Trinajstić information content (AvgIpc) is 2.26. The quantitative estimate of drug-likeness (QED) is 0.615. The van der Waals surface area contributed by atoms with E-state index in [1.165, 1.54) is 0 Å². The first kappa shape index (κ1) is 16.1. The predicted molar refractivity (Wildman–Crippen MR) is 54.2 cm³/mol. The molecule has 0 amide bonds. The Kier molecular flexibility index (Phi) is 4.85. The van der Waals surface area contributed by atoms with Crippen molar-refractivity contribution in [1.82, 2.24) is 0 Å². The number of rotatable bonds is 5. The predicted octanol–water partition coefficient (Wildman–Crippen LogP) is 3.62. The summed E-state index contributed by atoms with van der Waals surface area (Å²) in [6.07, 6.45) is -10.3. The molecule has 0 aliphatic rings. The number of aryl methyl sites for hydroxylation is 1. The summed E-state index contributed by atoms with van der Waals surface area (Å²) in [5, 5.41) is 0. The molecule has 0 bridgehead atoms. The number of alkyl halides is 6. The number of para-hydroxylation sites is 1. The smallest absolute Gasteiger partial charge is 0.402 e. The first-order valence-corrected chi connectivity index (χ1v) is 5.19. The zero-order valence-electron chi connectivity index (χ0n) is 9.72. The van der Waals surface area contributed by atoms with Crippen molar-refractivity contribution in [1.29, 1.82) is 0 Å². The molecular formula is C11H8F6O3. The van der Waals surface area contributed by atoms with Gasteiger partial charge in [0.25, 0.3) is 0 Å². The molecule has 1 aromatic carbocycles. The van der Waals surface area contributed by atoms with E-state index in [9.17, 15) is 31.1 Å². The van der Waals surface area contributed by atoms with Crippen LogP contribution in [0.4, 0.5) is 26.3 Å². The minimum Gasteiger partial charge on any atom is -0.402 e. The number of hydrogen-bond acceptors (Lipinski definition) is 3. The Bertz CT molecular complexity index is 466. The van der Waals surface area contributed by atoms with E-state index in [2.05, 4.69) is 9.47 Å². The van der Waals surface area contributed by atoms with E-state index < -0.39 is 24.2 Å². The van der Waals surface area contributed by atoms with E-state index in [-0.39, 0.29) is 18.4 Å². The second-order valence-corrected chi connectivity index (χ2v) is 3.55. The molecule has 0 unspecified atom stereocenters. The molecule has 0 saturated heterocycles. The molecule has 0 aromatic heterocycles. The van der Waals surface area contributed by atoms with Gasteiger partial charge in [-0.2, -0.15) is 0 Å². The zero-order valence-corrected chi connectivity index (χ0v) is 9.72. The Morgan fingerprint density at radius 2 is 1.60 bits per heavy atom. The van der Waals surface area contributed by atoms with Crippen molar-refractivity contribution in [2.45, 2.75) is 25.6 Å². The van der Waals surface area contributed by atoms with Crippen molar-refractivity contribution in [3.63, 3.8) is 0 Å². The van der Waals surface area contributed by atoms with Crippen LogP contribution in [0.3, 0.4) is 0 Å². The van der Waals surface area contributed by atoms with Crippen molar-refractivity contribution >= 4 is 6.29 Å². The molecule has 9 heteroatoms. The lowest BCUT2D eigenvalue weighted by molar-refractivity contribution is -0.287. The van der Waals surface area contributed by atoms with Gasteiger partial charge in [0.15, 0.2) is 11.5 Å². The van der Waals surface area contributed by atoms with E-state index in [0.717, 1.165) is 12.1 Å². The highest BCUT2D eigenvalue weighted by Crippen LogP contribution is 2.38. The Labute approximate surface area is 109 Å². The topological polar surface area (TPSA) is 35.5 Å². The standard InChI is InChI=1S/C11H8F6O3/c12-10(13,14)19-8-5-1-3-7(4-2-6-18)9(8)20-11(15,16)17/h1,3,5-6H,2,4H2. The molecule has 112 valence electrons. The highest BCUT2D eigenvalue weighted by Gasteiger charge is 2.37. The molecule has 0 aliphatic carbocycles. The molecular weight excluding hydrogens is 294 g/mol. The minimum atomic E-state index is -5.18. The third kappa shape index (κ3) is 5.37. The summed E-state index contributed by atoms with van der Waals surface area (Å²) in [5.74, 6) is -2.21. The van der Waals surface area contributed by atoms with E-state index in [1.807, 2.05) is 0 Å². The van der Waals surface area contributed by atoms with Crippen molar-refractivity contribution < 1.29 is 40.6 Å². The summed E-state index contributed by atoms with van der Waals surface area (Å²) in [6.45, 7) is 0. The lowest BCUT2D eigenvalue weighted by atomic mass is 10.1. The number of ether oxygens (including phenoxy) is 2.